The molecule has 0 saturated heterocycles. The second-order valence-electron chi connectivity index (χ2n) is 5.98. The first-order chi connectivity index (χ1) is 13.3. The van der Waals surface area contributed by atoms with Crippen molar-refractivity contribution >= 4 is 15.9 Å². The van der Waals surface area contributed by atoms with Crippen molar-refractivity contribution in [1.82, 2.24) is 10.0 Å². The van der Waals surface area contributed by atoms with Crippen LogP contribution >= 0.6 is 0 Å². The Kier molecular flexibility index (Phi) is 6.10. The Morgan fingerprint density at radius 1 is 1.00 bits per heavy atom. The second kappa shape index (κ2) is 8.53. The third-order valence-corrected chi connectivity index (χ3v) is 5.40. The van der Waals surface area contributed by atoms with Crippen molar-refractivity contribution in [1.29, 1.82) is 0 Å². The molecule has 0 aliphatic carbocycles. The molecule has 0 atom stereocenters. The average molecular weight is 412 g/mol. The maximum atomic E-state index is 13.2. The molecular weight excluding hydrogens is 394 g/mol. The van der Waals surface area contributed by atoms with Crippen LogP contribution in [0.3, 0.4) is 0 Å². The SMILES string of the molecule is O=C(CCNS(=O)(=O)c1ccc(F)c(F)c1)NCc1ccc2c(c1)OCCO2. The molecule has 150 valence electrons. The van der Waals surface area contributed by atoms with Gasteiger partial charge in [-0.05, 0) is 35.9 Å². The van der Waals surface area contributed by atoms with E-state index in [1.807, 2.05) is 0 Å². The first kappa shape index (κ1) is 20.0. The van der Waals surface area contributed by atoms with Crippen LogP contribution in [0, 0.1) is 11.6 Å². The van der Waals surface area contributed by atoms with Crippen molar-refractivity contribution in [2.75, 3.05) is 19.8 Å². The van der Waals surface area contributed by atoms with Crippen molar-refractivity contribution in [2.24, 2.45) is 0 Å². The molecule has 2 N–H and O–H groups in total. The fraction of sp³-hybridized carbons (Fsp3) is 0.278. The Morgan fingerprint density at radius 3 is 2.50 bits per heavy atom. The van der Waals surface area contributed by atoms with E-state index in [0.29, 0.717) is 30.8 Å². The number of halogens is 2. The molecular formula is C18H18F2N2O5S. The highest BCUT2D eigenvalue weighted by atomic mass is 32.2. The van der Waals surface area contributed by atoms with Crippen molar-refractivity contribution in [3.8, 4) is 11.5 Å². The van der Waals surface area contributed by atoms with Gasteiger partial charge >= 0.3 is 0 Å². The zero-order valence-corrected chi connectivity index (χ0v) is 15.5. The molecule has 1 aliphatic heterocycles. The summed E-state index contributed by atoms with van der Waals surface area (Å²) in [6, 6.07) is 7.57. The van der Waals surface area contributed by atoms with E-state index >= 15 is 0 Å². The van der Waals surface area contributed by atoms with Crippen molar-refractivity contribution in [3.05, 3.63) is 53.6 Å². The lowest BCUT2D eigenvalue weighted by molar-refractivity contribution is -0.121. The number of benzene rings is 2. The number of hydrogen-bond acceptors (Lipinski definition) is 5. The van der Waals surface area contributed by atoms with Gasteiger partial charge in [0.05, 0.1) is 4.90 Å². The van der Waals surface area contributed by atoms with Crippen molar-refractivity contribution < 1.29 is 31.5 Å². The minimum Gasteiger partial charge on any atom is -0.486 e. The summed E-state index contributed by atoms with van der Waals surface area (Å²) < 4.78 is 63.2. The zero-order valence-electron chi connectivity index (χ0n) is 14.7. The molecule has 28 heavy (non-hydrogen) atoms. The Bertz CT molecular complexity index is 982. The van der Waals surface area contributed by atoms with E-state index in [1.54, 1.807) is 18.2 Å². The van der Waals surface area contributed by atoms with E-state index in [2.05, 4.69) is 10.0 Å². The molecule has 0 unspecified atom stereocenters. The van der Waals surface area contributed by atoms with Gasteiger partial charge in [-0.15, -0.1) is 0 Å². The van der Waals surface area contributed by atoms with Crippen LogP contribution in [0.15, 0.2) is 41.3 Å². The lowest BCUT2D eigenvalue weighted by atomic mass is 10.2. The van der Waals surface area contributed by atoms with Crippen LogP contribution < -0.4 is 19.5 Å². The Balaban J connectivity index is 1.47. The number of carbonyl (C=O) groups is 1. The summed E-state index contributed by atoms with van der Waals surface area (Å²) in [5.74, 6) is -1.52. The topological polar surface area (TPSA) is 93.7 Å². The molecule has 0 spiro atoms. The average Bonchev–Trinajstić information content (AvgIpc) is 2.68. The van der Waals surface area contributed by atoms with Crippen LogP contribution in [-0.4, -0.2) is 34.1 Å². The maximum absolute atomic E-state index is 13.2. The zero-order chi connectivity index (χ0) is 20.1. The lowest BCUT2D eigenvalue weighted by Gasteiger charge is -2.19. The standard InChI is InChI=1S/C18H18F2N2O5S/c19-14-3-2-13(10-15(14)20)28(24,25)22-6-5-18(23)21-11-12-1-4-16-17(9-12)27-8-7-26-16/h1-4,9-10,22H,5-8,11H2,(H,21,23). The van der Waals surface area contributed by atoms with E-state index in [1.165, 1.54) is 0 Å². The molecule has 1 amide bonds. The highest BCUT2D eigenvalue weighted by molar-refractivity contribution is 7.89. The first-order valence-electron chi connectivity index (χ1n) is 8.45. The number of ether oxygens (including phenoxy) is 2. The minimum atomic E-state index is -4.04. The highest BCUT2D eigenvalue weighted by Crippen LogP contribution is 2.30. The van der Waals surface area contributed by atoms with Gasteiger partial charge in [0, 0.05) is 19.5 Å². The number of nitrogens with one attached hydrogen (secondary N) is 2. The number of carbonyl (C=O) groups excluding carboxylic acids is 1. The lowest BCUT2D eigenvalue weighted by Crippen LogP contribution is -2.30. The third-order valence-electron chi connectivity index (χ3n) is 3.94. The molecule has 0 aromatic heterocycles. The number of amides is 1. The molecule has 7 nitrogen and oxygen atoms in total. The molecule has 3 rings (SSSR count). The fourth-order valence-corrected chi connectivity index (χ4v) is 3.56. The summed E-state index contributed by atoms with van der Waals surface area (Å²) in [7, 11) is -4.04. The number of rotatable bonds is 7. The largest absolute Gasteiger partial charge is 0.486 e. The van der Waals surface area contributed by atoms with Gasteiger partial charge in [0.1, 0.15) is 13.2 Å². The third kappa shape index (κ3) is 4.96. The van der Waals surface area contributed by atoms with Crippen LogP contribution in [0.2, 0.25) is 0 Å². The summed E-state index contributed by atoms with van der Waals surface area (Å²) in [4.78, 5) is 11.5. The van der Waals surface area contributed by atoms with Crippen LogP contribution in [0.4, 0.5) is 8.78 Å². The molecule has 1 heterocycles. The highest BCUT2D eigenvalue weighted by Gasteiger charge is 2.17. The Hall–Kier alpha value is -2.72. The number of fused-ring (bicyclic) bond motifs is 1. The van der Waals surface area contributed by atoms with Crippen LogP contribution in [-0.2, 0) is 21.4 Å². The maximum Gasteiger partial charge on any atom is 0.240 e. The van der Waals surface area contributed by atoms with Gasteiger partial charge in [0.2, 0.25) is 15.9 Å². The second-order valence-corrected chi connectivity index (χ2v) is 7.75. The number of sulfonamides is 1. The van der Waals surface area contributed by atoms with Crippen LogP contribution in [0.5, 0.6) is 11.5 Å². The van der Waals surface area contributed by atoms with Gasteiger partial charge < -0.3 is 14.8 Å². The number of hydrogen-bond donors (Lipinski definition) is 2. The monoisotopic (exact) mass is 412 g/mol. The molecule has 0 fully saturated rings. The van der Waals surface area contributed by atoms with Gasteiger partial charge in [0.25, 0.3) is 0 Å². The van der Waals surface area contributed by atoms with Crippen molar-refractivity contribution in [2.45, 2.75) is 17.9 Å². The predicted molar refractivity (Wildman–Crippen MR) is 95.4 cm³/mol. The van der Waals surface area contributed by atoms with E-state index in [-0.39, 0.29) is 25.4 Å². The van der Waals surface area contributed by atoms with Crippen LogP contribution in [0.1, 0.15) is 12.0 Å². The minimum absolute atomic E-state index is 0.118. The van der Waals surface area contributed by atoms with Gasteiger partial charge in [-0.1, -0.05) is 6.07 Å². The van der Waals surface area contributed by atoms with E-state index in [4.69, 9.17) is 9.47 Å². The molecule has 2 aromatic rings. The van der Waals surface area contributed by atoms with E-state index in [0.717, 1.165) is 17.7 Å². The van der Waals surface area contributed by atoms with Gasteiger partial charge in [-0.3, -0.25) is 4.79 Å². The molecule has 0 bridgehead atoms. The Labute approximate surface area is 160 Å². The van der Waals surface area contributed by atoms with Gasteiger partial charge in [-0.25, -0.2) is 21.9 Å². The first-order valence-corrected chi connectivity index (χ1v) is 9.93. The summed E-state index contributed by atoms with van der Waals surface area (Å²) >= 11 is 0. The van der Waals surface area contributed by atoms with E-state index in [9.17, 15) is 22.0 Å². The molecule has 0 radical (unpaired) electrons. The summed E-state index contributed by atoms with van der Waals surface area (Å²) in [5.41, 5.74) is 0.806. The molecule has 10 heteroatoms. The Morgan fingerprint density at radius 2 is 1.75 bits per heavy atom. The van der Waals surface area contributed by atoms with Gasteiger partial charge in [0.15, 0.2) is 23.1 Å². The molecule has 2 aromatic carbocycles. The summed E-state index contributed by atoms with van der Waals surface area (Å²) in [5, 5.41) is 2.67. The fourth-order valence-electron chi connectivity index (χ4n) is 2.51. The van der Waals surface area contributed by atoms with Crippen LogP contribution in [0.25, 0.3) is 0 Å². The van der Waals surface area contributed by atoms with Crippen molar-refractivity contribution in [3.63, 3.8) is 0 Å². The molecule has 0 saturated carbocycles. The van der Waals surface area contributed by atoms with E-state index < -0.39 is 26.6 Å². The predicted octanol–water partition coefficient (Wildman–Crippen LogP) is 1.72. The smallest absolute Gasteiger partial charge is 0.240 e. The summed E-state index contributed by atoms with van der Waals surface area (Å²) in [6.45, 7) is 1.00. The quantitative estimate of drug-likeness (QED) is 0.722. The van der Waals surface area contributed by atoms with Gasteiger partial charge in [-0.2, -0.15) is 0 Å². The molecule has 1 aliphatic rings. The summed E-state index contributed by atoms with van der Waals surface area (Å²) in [6.07, 6.45) is -0.118. The normalized spacial score (nSPS) is 13.2.